The average Bonchev–Trinajstić information content (AvgIpc) is 3.16. The number of non-ortho nitro benzene ring substituents is 1. The third-order valence-electron chi connectivity index (χ3n) is 4.08. The minimum Gasteiger partial charge on any atom is -0.445 e. The normalized spacial score (nSPS) is 17.7. The van der Waals surface area contributed by atoms with Gasteiger partial charge in [0.25, 0.3) is 5.69 Å². The Morgan fingerprint density at radius 1 is 1.27 bits per heavy atom. The summed E-state index contributed by atoms with van der Waals surface area (Å²) in [6, 6.07) is 15.1. The van der Waals surface area contributed by atoms with Crippen molar-refractivity contribution in [2.45, 2.75) is 18.1 Å². The minimum absolute atomic E-state index is 0.0425. The Morgan fingerprint density at radius 3 is 2.62 bits per heavy atom. The second kappa shape index (κ2) is 8.20. The van der Waals surface area contributed by atoms with Crippen molar-refractivity contribution in [3.05, 3.63) is 75.8 Å². The van der Waals surface area contributed by atoms with E-state index in [2.05, 4.69) is 0 Å². The van der Waals surface area contributed by atoms with Gasteiger partial charge in [-0.1, -0.05) is 30.3 Å². The zero-order valence-corrected chi connectivity index (χ0v) is 14.7. The standard InChI is InChI=1S/C18H18N2O5S/c21-16(14-6-8-15(9-7-14)20(23)24)17-19(10-11-26-17)18(22)25-12-13-4-2-1-3-5-13/h1-9,16-17,21H,10-12H2/t16-,17+/m1/s1. The lowest BCUT2D eigenvalue weighted by Crippen LogP contribution is -2.38. The van der Waals surface area contributed by atoms with Crippen molar-refractivity contribution in [3.8, 4) is 0 Å². The second-order valence-electron chi connectivity index (χ2n) is 5.79. The van der Waals surface area contributed by atoms with Crippen LogP contribution in [-0.4, -0.2) is 38.7 Å². The number of benzene rings is 2. The number of hydrogen-bond donors (Lipinski definition) is 1. The van der Waals surface area contributed by atoms with Crippen molar-refractivity contribution in [1.29, 1.82) is 0 Å². The van der Waals surface area contributed by atoms with Gasteiger partial charge in [0.1, 0.15) is 18.1 Å². The minimum atomic E-state index is -0.951. The van der Waals surface area contributed by atoms with Gasteiger partial charge in [0.05, 0.1) is 4.92 Å². The van der Waals surface area contributed by atoms with Crippen LogP contribution in [0.25, 0.3) is 0 Å². The topological polar surface area (TPSA) is 92.9 Å². The van der Waals surface area contributed by atoms with E-state index in [1.807, 2.05) is 30.3 Å². The molecule has 0 aliphatic carbocycles. The van der Waals surface area contributed by atoms with Gasteiger partial charge in [-0.3, -0.25) is 15.0 Å². The van der Waals surface area contributed by atoms with Crippen LogP contribution in [-0.2, 0) is 11.3 Å². The third-order valence-corrected chi connectivity index (χ3v) is 5.36. The van der Waals surface area contributed by atoms with Crippen LogP contribution in [0.2, 0.25) is 0 Å². The van der Waals surface area contributed by atoms with E-state index in [0.29, 0.717) is 17.9 Å². The highest BCUT2D eigenvalue weighted by Gasteiger charge is 2.36. The van der Waals surface area contributed by atoms with Crippen LogP contribution in [0.15, 0.2) is 54.6 Å². The van der Waals surface area contributed by atoms with Crippen molar-refractivity contribution in [2.75, 3.05) is 12.3 Å². The van der Waals surface area contributed by atoms with Gasteiger partial charge in [0.15, 0.2) is 0 Å². The highest BCUT2D eigenvalue weighted by molar-refractivity contribution is 8.00. The molecule has 0 unspecified atom stereocenters. The van der Waals surface area contributed by atoms with Crippen molar-refractivity contribution in [1.82, 2.24) is 4.90 Å². The molecule has 26 heavy (non-hydrogen) atoms. The van der Waals surface area contributed by atoms with Gasteiger partial charge < -0.3 is 9.84 Å². The molecule has 0 saturated carbocycles. The lowest BCUT2D eigenvalue weighted by Gasteiger charge is -2.27. The lowest BCUT2D eigenvalue weighted by atomic mass is 10.1. The van der Waals surface area contributed by atoms with Gasteiger partial charge >= 0.3 is 6.09 Å². The molecule has 136 valence electrons. The molecular weight excluding hydrogens is 356 g/mol. The van der Waals surface area contributed by atoms with E-state index in [1.165, 1.54) is 40.9 Å². The fraction of sp³-hybridized carbons (Fsp3) is 0.278. The van der Waals surface area contributed by atoms with Gasteiger partial charge in [0, 0.05) is 24.4 Å². The summed E-state index contributed by atoms with van der Waals surface area (Å²) in [6.45, 7) is 0.647. The number of aliphatic hydroxyl groups excluding tert-OH is 1. The van der Waals surface area contributed by atoms with E-state index in [4.69, 9.17) is 4.74 Å². The Bertz CT molecular complexity index is 769. The van der Waals surface area contributed by atoms with E-state index in [1.54, 1.807) is 0 Å². The first-order chi connectivity index (χ1) is 12.6. The number of hydrogen-bond acceptors (Lipinski definition) is 6. The van der Waals surface area contributed by atoms with Crippen LogP contribution in [0.5, 0.6) is 0 Å². The van der Waals surface area contributed by atoms with E-state index >= 15 is 0 Å². The zero-order chi connectivity index (χ0) is 18.5. The van der Waals surface area contributed by atoms with Gasteiger partial charge in [0.2, 0.25) is 0 Å². The van der Waals surface area contributed by atoms with E-state index < -0.39 is 22.5 Å². The number of carbonyl (C=O) groups is 1. The zero-order valence-electron chi connectivity index (χ0n) is 13.9. The Hall–Kier alpha value is -2.58. The predicted octanol–water partition coefficient (Wildman–Crippen LogP) is 3.34. The number of ether oxygens (including phenoxy) is 1. The molecule has 2 atom stereocenters. The first-order valence-electron chi connectivity index (χ1n) is 8.07. The molecular formula is C18H18N2O5S. The number of aliphatic hydroxyl groups is 1. The van der Waals surface area contributed by atoms with Crippen LogP contribution in [0, 0.1) is 10.1 Å². The van der Waals surface area contributed by atoms with E-state index in [9.17, 15) is 20.0 Å². The average molecular weight is 374 g/mol. The lowest BCUT2D eigenvalue weighted by molar-refractivity contribution is -0.384. The van der Waals surface area contributed by atoms with Crippen LogP contribution in [0.4, 0.5) is 10.5 Å². The first kappa shape index (κ1) is 18.2. The molecule has 1 aliphatic heterocycles. The molecule has 0 aromatic heterocycles. The number of thioether (sulfide) groups is 1. The van der Waals surface area contributed by atoms with Crippen molar-refractivity contribution in [3.63, 3.8) is 0 Å². The highest BCUT2D eigenvalue weighted by atomic mass is 32.2. The molecule has 3 rings (SSSR count). The molecule has 1 N–H and O–H groups in total. The Balaban J connectivity index is 1.64. The largest absolute Gasteiger partial charge is 0.445 e. The summed E-state index contributed by atoms with van der Waals surface area (Å²) in [5.74, 6) is 0.690. The molecule has 8 heteroatoms. The SMILES string of the molecule is O=C(OCc1ccccc1)N1CCS[C@H]1[C@H](O)c1ccc([N+](=O)[O-])cc1. The van der Waals surface area contributed by atoms with Crippen LogP contribution in [0.3, 0.4) is 0 Å². The smallest absolute Gasteiger partial charge is 0.411 e. The number of nitrogens with zero attached hydrogens (tertiary/aromatic N) is 2. The molecule has 1 heterocycles. The fourth-order valence-corrected chi connectivity index (χ4v) is 3.96. The number of nitro groups is 1. The third kappa shape index (κ3) is 4.14. The summed E-state index contributed by atoms with van der Waals surface area (Å²) >= 11 is 1.46. The van der Waals surface area contributed by atoms with Crippen molar-refractivity contribution < 1.29 is 19.6 Å². The summed E-state index contributed by atoms with van der Waals surface area (Å²) in [6.07, 6.45) is -1.43. The molecule has 1 amide bonds. The molecule has 7 nitrogen and oxygen atoms in total. The molecule has 0 spiro atoms. The predicted molar refractivity (Wildman–Crippen MR) is 97.6 cm³/mol. The number of carbonyl (C=O) groups excluding carboxylic acids is 1. The molecule has 1 saturated heterocycles. The molecule has 1 aliphatic rings. The molecule has 0 radical (unpaired) electrons. The van der Waals surface area contributed by atoms with Crippen LogP contribution < -0.4 is 0 Å². The molecule has 1 fully saturated rings. The Labute approximate surface area is 154 Å². The van der Waals surface area contributed by atoms with Crippen molar-refractivity contribution in [2.24, 2.45) is 0 Å². The summed E-state index contributed by atoms with van der Waals surface area (Å²) in [5.41, 5.74) is 1.37. The molecule has 2 aromatic rings. The highest BCUT2D eigenvalue weighted by Crippen LogP contribution is 2.35. The summed E-state index contributed by atoms with van der Waals surface area (Å²) in [7, 11) is 0. The van der Waals surface area contributed by atoms with E-state index in [-0.39, 0.29) is 12.3 Å². The molecule has 0 bridgehead atoms. The summed E-state index contributed by atoms with van der Waals surface area (Å²) in [5, 5.41) is 20.9. The van der Waals surface area contributed by atoms with Gasteiger partial charge in [-0.05, 0) is 23.3 Å². The number of amides is 1. The Kier molecular flexibility index (Phi) is 5.75. The quantitative estimate of drug-likeness (QED) is 0.637. The van der Waals surface area contributed by atoms with Gasteiger partial charge in [-0.15, -0.1) is 11.8 Å². The molecule has 2 aromatic carbocycles. The maximum atomic E-state index is 12.4. The van der Waals surface area contributed by atoms with E-state index in [0.717, 1.165) is 5.56 Å². The van der Waals surface area contributed by atoms with Gasteiger partial charge in [-0.25, -0.2) is 4.79 Å². The summed E-state index contributed by atoms with van der Waals surface area (Å²) < 4.78 is 5.35. The monoisotopic (exact) mass is 374 g/mol. The maximum absolute atomic E-state index is 12.4. The second-order valence-corrected chi connectivity index (χ2v) is 7.01. The summed E-state index contributed by atoms with van der Waals surface area (Å²) in [4.78, 5) is 24.1. The van der Waals surface area contributed by atoms with Crippen LogP contribution in [0.1, 0.15) is 17.2 Å². The maximum Gasteiger partial charge on any atom is 0.411 e. The Morgan fingerprint density at radius 2 is 1.96 bits per heavy atom. The van der Waals surface area contributed by atoms with Crippen LogP contribution >= 0.6 is 11.8 Å². The number of nitro benzene ring substituents is 1. The van der Waals surface area contributed by atoms with Crippen molar-refractivity contribution >= 4 is 23.5 Å². The van der Waals surface area contributed by atoms with Gasteiger partial charge in [-0.2, -0.15) is 0 Å². The fourth-order valence-electron chi connectivity index (χ4n) is 2.71. The number of rotatable bonds is 5. The first-order valence-corrected chi connectivity index (χ1v) is 9.12.